The lowest BCUT2D eigenvalue weighted by Crippen LogP contribution is -2.40. The van der Waals surface area contributed by atoms with Crippen LogP contribution in [0.25, 0.3) is 10.9 Å². The van der Waals surface area contributed by atoms with Crippen molar-refractivity contribution in [2.24, 2.45) is 0 Å². The molecule has 1 N–H and O–H groups in total. The van der Waals surface area contributed by atoms with Gasteiger partial charge in [-0.15, -0.1) is 0 Å². The second-order valence-corrected chi connectivity index (χ2v) is 6.48. The van der Waals surface area contributed by atoms with Crippen molar-refractivity contribution in [3.8, 4) is 0 Å². The van der Waals surface area contributed by atoms with Gasteiger partial charge in [-0.25, -0.2) is 9.18 Å². The maximum atomic E-state index is 13.4. The topological polar surface area (TPSA) is 54.3 Å². The highest BCUT2D eigenvalue weighted by Crippen LogP contribution is 2.25. The number of urea groups is 1. The number of fused-ring (bicyclic) bond motifs is 3. The first kappa shape index (κ1) is 16.3. The summed E-state index contributed by atoms with van der Waals surface area (Å²) in [4.78, 5) is 25.6. The molecule has 6 heteroatoms. The van der Waals surface area contributed by atoms with Crippen LogP contribution in [0.3, 0.4) is 0 Å². The summed E-state index contributed by atoms with van der Waals surface area (Å²) in [5.41, 5.74) is 3.23. The van der Waals surface area contributed by atoms with Crippen molar-refractivity contribution < 1.29 is 14.0 Å². The first-order valence-electron chi connectivity index (χ1n) is 8.46. The van der Waals surface area contributed by atoms with Gasteiger partial charge in [-0.3, -0.25) is 4.79 Å². The largest absolute Gasteiger partial charge is 0.341 e. The summed E-state index contributed by atoms with van der Waals surface area (Å²) in [5, 5.41) is 3.71. The first-order valence-corrected chi connectivity index (χ1v) is 8.46. The molecule has 0 fully saturated rings. The van der Waals surface area contributed by atoms with E-state index in [4.69, 9.17) is 0 Å². The Morgan fingerprint density at radius 1 is 1.04 bits per heavy atom. The molecule has 2 aromatic carbocycles. The number of anilines is 1. The van der Waals surface area contributed by atoms with Crippen molar-refractivity contribution in [1.29, 1.82) is 0 Å². The smallest absolute Gasteiger partial charge is 0.322 e. The number of Topliss-reactive ketones (excluding diaryl/α,β-unsaturated/α-hetero) is 1. The van der Waals surface area contributed by atoms with Crippen LogP contribution in [0.1, 0.15) is 23.0 Å². The minimum Gasteiger partial charge on any atom is -0.341 e. The minimum atomic E-state index is -0.260. The molecule has 3 aromatic rings. The third kappa shape index (κ3) is 2.94. The number of carbonyl (C=O) groups excluding carboxylic acids is 2. The van der Waals surface area contributed by atoms with Gasteiger partial charge in [0.2, 0.25) is 0 Å². The summed E-state index contributed by atoms with van der Waals surface area (Å²) in [6.07, 6.45) is 0. The van der Waals surface area contributed by atoms with E-state index in [0.717, 1.165) is 16.6 Å². The number of hydrogen-bond donors (Lipinski definition) is 1. The molecular weight excluding hydrogens is 333 g/mol. The van der Waals surface area contributed by atoms with Crippen LogP contribution in [0.2, 0.25) is 0 Å². The zero-order chi connectivity index (χ0) is 18.3. The fraction of sp³-hybridized carbons (Fsp3) is 0.200. The van der Waals surface area contributed by atoms with Crippen LogP contribution in [0.5, 0.6) is 0 Å². The number of nitrogens with one attached hydrogen (secondary N) is 1. The molecule has 0 aliphatic carbocycles. The number of hydrogen-bond acceptors (Lipinski definition) is 2. The molecular formula is C20H18FN3O2. The highest BCUT2D eigenvalue weighted by atomic mass is 19.1. The van der Waals surface area contributed by atoms with E-state index in [-0.39, 0.29) is 17.6 Å². The maximum Gasteiger partial charge on any atom is 0.322 e. The number of carbonyl (C=O) groups is 2. The van der Waals surface area contributed by atoms with Gasteiger partial charge in [-0.1, -0.05) is 0 Å². The highest BCUT2D eigenvalue weighted by molar-refractivity contribution is 5.95. The lowest BCUT2D eigenvalue weighted by molar-refractivity contribution is 0.101. The first-order chi connectivity index (χ1) is 12.5. The standard InChI is InChI=1S/C20H18FN3O2/c1-13(25)14-2-5-17(6-3-14)22-20(26)23-8-9-24-18(12-23)11-15-10-16(21)4-7-19(15)24/h2-7,10-11H,8-9,12H2,1H3,(H,22,26). The van der Waals surface area contributed by atoms with Crippen LogP contribution in [0.4, 0.5) is 14.9 Å². The van der Waals surface area contributed by atoms with Gasteiger partial charge in [0, 0.05) is 40.9 Å². The summed E-state index contributed by atoms with van der Waals surface area (Å²) >= 11 is 0. The Balaban J connectivity index is 1.50. The van der Waals surface area contributed by atoms with E-state index >= 15 is 0 Å². The normalized spacial score (nSPS) is 13.5. The van der Waals surface area contributed by atoms with E-state index in [0.29, 0.717) is 30.9 Å². The number of halogens is 1. The number of benzene rings is 2. The van der Waals surface area contributed by atoms with Gasteiger partial charge in [0.25, 0.3) is 0 Å². The summed E-state index contributed by atoms with van der Waals surface area (Å²) < 4.78 is 15.5. The predicted octanol–water partition coefficient (Wildman–Crippen LogP) is 4.03. The summed E-state index contributed by atoms with van der Waals surface area (Å²) in [7, 11) is 0. The molecule has 1 aliphatic heterocycles. The molecule has 5 nitrogen and oxygen atoms in total. The number of ketones is 1. The zero-order valence-electron chi connectivity index (χ0n) is 14.3. The van der Waals surface area contributed by atoms with Crippen molar-refractivity contribution >= 4 is 28.4 Å². The van der Waals surface area contributed by atoms with E-state index in [1.807, 2.05) is 6.07 Å². The Morgan fingerprint density at radius 2 is 1.81 bits per heavy atom. The fourth-order valence-electron chi connectivity index (χ4n) is 3.35. The van der Waals surface area contributed by atoms with Crippen LogP contribution in [0, 0.1) is 5.82 Å². The SMILES string of the molecule is CC(=O)c1ccc(NC(=O)N2CCn3c(cc4cc(F)ccc43)C2)cc1. The van der Waals surface area contributed by atoms with Crippen molar-refractivity contribution in [3.63, 3.8) is 0 Å². The van der Waals surface area contributed by atoms with Crippen molar-refractivity contribution in [2.45, 2.75) is 20.0 Å². The monoisotopic (exact) mass is 351 g/mol. The van der Waals surface area contributed by atoms with Crippen LogP contribution in [-0.2, 0) is 13.1 Å². The molecule has 0 radical (unpaired) electrons. The van der Waals surface area contributed by atoms with E-state index in [2.05, 4.69) is 9.88 Å². The Labute approximate surface area is 150 Å². The predicted molar refractivity (Wildman–Crippen MR) is 97.8 cm³/mol. The number of nitrogens with zero attached hydrogens (tertiary/aromatic N) is 2. The molecule has 2 amide bonds. The second kappa shape index (κ2) is 6.29. The fourth-order valence-corrected chi connectivity index (χ4v) is 3.35. The lowest BCUT2D eigenvalue weighted by Gasteiger charge is -2.29. The molecule has 0 bridgehead atoms. The number of amides is 2. The van der Waals surface area contributed by atoms with Gasteiger partial charge in [0.15, 0.2) is 5.78 Å². The third-order valence-electron chi connectivity index (χ3n) is 4.73. The van der Waals surface area contributed by atoms with Gasteiger partial charge in [-0.05, 0) is 55.5 Å². The summed E-state index contributed by atoms with van der Waals surface area (Å²) in [5.74, 6) is -0.271. The average molecular weight is 351 g/mol. The number of rotatable bonds is 2. The average Bonchev–Trinajstić information content (AvgIpc) is 2.98. The van der Waals surface area contributed by atoms with Crippen LogP contribution in [-0.4, -0.2) is 27.8 Å². The Morgan fingerprint density at radius 3 is 2.54 bits per heavy atom. The van der Waals surface area contributed by atoms with Crippen molar-refractivity contribution in [2.75, 3.05) is 11.9 Å². The summed E-state index contributed by atoms with van der Waals surface area (Å²) in [6, 6.07) is 13.3. The van der Waals surface area contributed by atoms with Gasteiger partial charge >= 0.3 is 6.03 Å². The Hall–Kier alpha value is -3.15. The molecule has 0 unspecified atom stereocenters. The van der Waals surface area contributed by atoms with Crippen LogP contribution < -0.4 is 5.32 Å². The molecule has 4 rings (SSSR count). The van der Waals surface area contributed by atoms with E-state index in [1.54, 1.807) is 35.2 Å². The molecule has 1 aliphatic rings. The molecule has 132 valence electrons. The molecule has 26 heavy (non-hydrogen) atoms. The van der Waals surface area contributed by atoms with E-state index < -0.39 is 0 Å². The van der Waals surface area contributed by atoms with Gasteiger partial charge in [0.1, 0.15) is 5.82 Å². The quantitative estimate of drug-likeness (QED) is 0.709. The Bertz CT molecular complexity index is 1010. The van der Waals surface area contributed by atoms with Crippen molar-refractivity contribution in [1.82, 2.24) is 9.47 Å². The Kier molecular flexibility index (Phi) is 3.95. The van der Waals surface area contributed by atoms with Gasteiger partial charge in [-0.2, -0.15) is 0 Å². The molecule has 2 heterocycles. The third-order valence-corrected chi connectivity index (χ3v) is 4.73. The highest BCUT2D eigenvalue weighted by Gasteiger charge is 2.22. The van der Waals surface area contributed by atoms with Crippen LogP contribution >= 0.6 is 0 Å². The number of aromatic nitrogens is 1. The molecule has 0 atom stereocenters. The lowest BCUT2D eigenvalue weighted by atomic mass is 10.1. The van der Waals surface area contributed by atoms with E-state index in [1.165, 1.54) is 19.1 Å². The van der Waals surface area contributed by atoms with Gasteiger partial charge < -0.3 is 14.8 Å². The zero-order valence-corrected chi connectivity index (χ0v) is 14.3. The molecule has 0 spiro atoms. The second-order valence-electron chi connectivity index (χ2n) is 6.48. The minimum absolute atomic E-state index is 0.0110. The van der Waals surface area contributed by atoms with E-state index in [9.17, 15) is 14.0 Å². The van der Waals surface area contributed by atoms with Gasteiger partial charge in [0.05, 0.1) is 6.54 Å². The molecule has 0 saturated carbocycles. The molecule has 0 saturated heterocycles. The maximum absolute atomic E-state index is 13.4. The molecule has 1 aromatic heterocycles. The van der Waals surface area contributed by atoms with Crippen LogP contribution in [0.15, 0.2) is 48.5 Å². The summed E-state index contributed by atoms with van der Waals surface area (Å²) in [6.45, 7) is 3.21. The van der Waals surface area contributed by atoms with Crippen molar-refractivity contribution in [3.05, 3.63) is 65.6 Å².